The van der Waals surface area contributed by atoms with Gasteiger partial charge in [0, 0.05) is 49.0 Å². The maximum Gasteiger partial charge on any atom is 0.881 e. The molecule has 0 atom stereocenters. The maximum absolute atomic E-state index is 5.89. The van der Waals surface area contributed by atoms with Gasteiger partial charge < -0.3 is 16.3 Å². The third-order valence-corrected chi connectivity index (χ3v) is 8.57. The maximum atomic E-state index is 5.89. The summed E-state index contributed by atoms with van der Waals surface area (Å²) in [4.78, 5) is 13.0. The number of hydrogen-bond donors (Lipinski definition) is 0. The van der Waals surface area contributed by atoms with Gasteiger partial charge in [0.25, 0.3) is 0 Å². The Balaban J connectivity index is 0.000000167. The topological polar surface area (TPSA) is 66.4 Å². The fourth-order valence-electron chi connectivity index (χ4n) is 5.07. The Morgan fingerprint density at radius 3 is 1.98 bits per heavy atom. The largest absolute Gasteiger partial charge is 0.881 e. The Morgan fingerprint density at radius 2 is 1.25 bits per heavy atom. The summed E-state index contributed by atoms with van der Waals surface area (Å²) < 4.78 is 16.9. The summed E-state index contributed by atoms with van der Waals surface area (Å²) in [5.41, 5.74) is 7.15. The zero-order chi connectivity index (χ0) is 34.4. The number of pyridine rings is 3. The first-order chi connectivity index (χ1) is 24.7. The normalized spacial score (nSPS) is 9.98. The molecule has 5 aromatic carbocycles. The predicted octanol–water partition coefficient (Wildman–Crippen LogP) is 9.18. The van der Waals surface area contributed by atoms with E-state index in [0.717, 1.165) is 56.0 Å². The second-order valence-electron chi connectivity index (χ2n) is 11.0. The Morgan fingerprint density at radius 1 is 0.569 bits per heavy atom. The van der Waals surface area contributed by atoms with E-state index in [0.29, 0.717) is 0 Å². The molecular formula is C42H32Al2IrN3O3-. The molecule has 0 aliphatic heterocycles. The first kappa shape index (κ1) is 37.4. The first-order valence-corrected chi connectivity index (χ1v) is 17.5. The smallest absolute Gasteiger partial charge is 0.649 e. The zero-order valence-corrected chi connectivity index (χ0v) is 32.8. The molecule has 3 heterocycles. The van der Waals surface area contributed by atoms with E-state index >= 15 is 0 Å². The molecule has 0 spiro atoms. The molecule has 8 rings (SSSR count). The van der Waals surface area contributed by atoms with Gasteiger partial charge in [-0.3, -0.25) is 4.98 Å². The van der Waals surface area contributed by atoms with Crippen LogP contribution in [0.15, 0.2) is 170 Å². The summed E-state index contributed by atoms with van der Waals surface area (Å²) in [5.74, 6) is 2.41. The minimum atomic E-state index is -0.665. The van der Waals surface area contributed by atoms with E-state index in [2.05, 4.69) is 51.4 Å². The molecule has 3 radical (unpaired) electrons. The molecule has 0 fully saturated rings. The molecule has 51 heavy (non-hydrogen) atoms. The molecular weight excluding hydrogens is 841 g/mol. The first-order valence-electron chi connectivity index (χ1n) is 16.0. The van der Waals surface area contributed by atoms with Crippen LogP contribution in [0.5, 0.6) is 17.2 Å². The molecule has 0 saturated carbocycles. The van der Waals surface area contributed by atoms with Crippen LogP contribution in [-0.4, -0.2) is 47.5 Å². The van der Waals surface area contributed by atoms with Gasteiger partial charge in [-0.15, -0.1) is 35.9 Å². The van der Waals surface area contributed by atoms with Crippen molar-refractivity contribution in [2.75, 3.05) is 0 Å². The fraction of sp³-hybridized carbons (Fsp3) is 0.0238. The molecule has 0 N–H and O–H groups in total. The van der Waals surface area contributed by atoms with Gasteiger partial charge in [-0.2, -0.15) is 0 Å². The molecule has 3 aromatic heterocycles. The van der Waals surface area contributed by atoms with Crippen molar-refractivity contribution in [3.8, 4) is 39.6 Å². The molecule has 0 unspecified atom stereocenters. The van der Waals surface area contributed by atoms with Gasteiger partial charge in [0.1, 0.15) is 22.5 Å². The average molecular weight is 873 g/mol. The van der Waals surface area contributed by atoms with Crippen LogP contribution >= 0.6 is 0 Å². The van der Waals surface area contributed by atoms with Crippen molar-refractivity contribution in [3.05, 3.63) is 182 Å². The van der Waals surface area contributed by atoms with Crippen molar-refractivity contribution >= 4 is 54.3 Å². The van der Waals surface area contributed by atoms with Gasteiger partial charge in [-0.1, -0.05) is 91.0 Å². The number of rotatable bonds is 7. The Hall–Kier alpha value is -4.82. The van der Waals surface area contributed by atoms with E-state index in [1.165, 1.54) is 27.8 Å². The number of fused-ring (bicyclic) bond motifs is 2. The van der Waals surface area contributed by atoms with Gasteiger partial charge in [-0.05, 0) is 66.2 Å². The quantitative estimate of drug-likeness (QED) is 0.118. The predicted molar refractivity (Wildman–Crippen MR) is 203 cm³/mol. The van der Waals surface area contributed by atoms with Gasteiger partial charge in [0.2, 0.25) is 0 Å². The zero-order valence-electron chi connectivity index (χ0n) is 27.8. The van der Waals surface area contributed by atoms with Crippen LogP contribution in [0.1, 0.15) is 5.69 Å². The van der Waals surface area contributed by atoms with Crippen molar-refractivity contribution in [2.45, 2.75) is 6.92 Å². The Bertz CT molecular complexity index is 2200. The Kier molecular flexibility index (Phi) is 14.3. The summed E-state index contributed by atoms with van der Waals surface area (Å²) in [6.07, 6.45) is 3.56. The molecule has 0 amide bonds. The van der Waals surface area contributed by atoms with Gasteiger partial charge in [-0.25, -0.2) is 4.98 Å². The standard InChI is InChI=1S/C12H10O.C11H8N.C10H9NO.C9H7NO.2Al.Ir.H/c13-12-8-6-11(7-9-12)10-4-2-1-3-5-10;1-2-6-10(7-3-1)11-8-4-5-9-12-11;1-7-5-6-8-3-2-4-9(12)10(8)11-7;11-8-5-1-3-7-4-2-6-10-9(7)8;;;;/h1-9,13H;1-6,8-9H;2-6,12H,1H3;1-6,11H;;;;/q;-1;;;+1;+2;;/p-3. The summed E-state index contributed by atoms with van der Waals surface area (Å²) in [7, 11) is 0. The second-order valence-corrected chi connectivity index (χ2v) is 11.9. The molecule has 9 heteroatoms. The SMILES string of the molecule is Cc1ccc2cccc([O][Al][O]c3ccc(-c4ccccc4)cc3)c2n1.[AlH][O]c1cccc2cccnc12.[Ir].[c-]1ccccc1-c1ccccn1. The van der Waals surface area contributed by atoms with Gasteiger partial charge in [0.05, 0.1) is 5.75 Å². The van der Waals surface area contributed by atoms with E-state index in [-0.39, 0.29) is 20.1 Å². The second kappa shape index (κ2) is 19.5. The Labute approximate surface area is 327 Å². The average Bonchev–Trinajstić information content (AvgIpc) is 3.19. The number of nitrogens with zero attached hydrogens (tertiary/aromatic N) is 3. The molecule has 0 aliphatic carbocycles. The van der Waals surface area contributed by atoms with Crippen LogP contribution in [0, 0.1) is 13.0 Å². The van der Waals surface area contributed by atoms with E-state index in [1.54, 1.807) is 12.4 Å². The van der Waals surface area contributed by atoms with Crippen LogP contribution in [0.2, 0.25) is 0 Å². The van der Waals surface area contributed by atoms with Crippen molar-refractivity contribution in [1.82, 2.24) is 15.0 Å². The van der Waals surface area contributed by atoms with E-state index in [4.69, 9.17) is 11.4 Å². The monoisotopic (exact) mass is 873 g/mol. The third-order valence-electron chi connectivity index (χ3n) is 7.54. The number of para-hydroxylation sites is 2. The van der Waals surface area contributed by atoms with Crippen molar-refractivity contribution < 1.29 is 31.5 Å². The van der Waals surface area contributed by atoms with E-state index in [9.17, 15) is 0 Å². The number of benzene rings is 5. The van der Waals surface area contributed by atoms with Crippen LogP contribution in [0.25, 0.3) is 44.2 Å². The summed E-state index contributed by atoms with van der Waals surface area (Å²) in [5, 5.41) is 2.18. The van der Waals surface area contributed by atoms with E-state index in [1.807, 2.05) is 134 Å². The fourth-order valence-corrected chi connectivity index (χ4v) is 5.91. The minimum absolute atomic E-state index is 0. The summed E-state index contributed by atoms with van der Waals surface area (Å²) in [6, 6.07) is 55.0. The third kappa shape index (κ3) is 10.6. The number of hydrogen-bond acceptors (Lipinski definition) is 6. The van der Waals surface area contributed by atoms with Gasteiger partial charge in [0.15, 0.2) is 0 Å². The van der Waals surface area contributed by atoms with Crippen molar-refractivity contribution in [1.29, 1.82) is 0 Å². The molecule has 8 aromatic rings. The van der Waals surface area contributed by atoms with Crippen LogP contribution in [-0.2, 0) is 20.1 Å². The molecule has 6 nitrogen and oxygen atoms in total. The van der Waals surface area contributed by atoms with E-state index < -0.39 is 15.9 Å². The molecule has 0 bridgehead atoms. The van der Waals surface area contributed by atoms with Crippen molar-refractivity contribution in [2.24, 2.45) is 0 Å². The number of aromatic nitrogens is 3. The van der Waals surface area contributed by atoms with Crippen LogP contribution in [0.3, 0.4) is 0 Å². The van der Waals surface area contributed by atoms with Crippen LogP contribution < -0.4 is 11.4 Å². The van der Waals surface area contributed by atoms with Crippen molar-refractivity contribution in [3.63, 3.8) is 0 Å². The summed E-state index contributed by atoms with van der Waals surface area (Å²) in [6.45, 7) is 1.98. The molecule has 249 valence electrons. The van der Waals surface area contributed by atoms with Crippen LogP contribution in [0.4, 0.5) is 0 Å². The summed E-state index contributed by atoms with van der Waals surface area (Å²) >= 11 is 0.801. The molecule has 0 saturated heterocycles. The number of aryl methyl sites for hydroxylation is 1. The van der Waals surface area contributed by atoms with Gasteiger partial charge >= 0.3 is 32.5 Å². The minimum Gasteiger partial charge on any atom is -0.649 e. The molecule has 0 aliphatic rings.